The van der Waals surface area contributed by atoms with Crippen molar-refractivity contribution < 1.29 is 4.42 Å². The van der Waals surface area contributed by atoms with Crippen LogP contribution in [0.25, 0.3) is 0 Å². The Morgan fingerprint density at radius 1 is 1.40 bits per heavy atom. The summed E-state index contributed by atoms with van der Waals surface area (Å²) < 4.78 is 6.03. The van der Waals surface area contributed by atoms with E-state index in [2.05, 4.69) is 22.9 Å². The lowest BCUT2D eigenvalue weighted by atomic mass is 9.78. The van der Waals surface area contributed by atoms with Crippen LogP contribution in [0.2, 0.25) is 0 Å². The summed E-state index contributed by atoms with van der Waals surface area (Å²) in [6.45, 7) is 2.33. The van der Waals surface area contributed by atoms with E-state index < -0.39 is 0 Å². The molecule has 15 heavy (non-hydrogen) atoms. The van der Waals surface area contributed by atoms with Crippen LogP contribution in [0.4, 0.5) is 0 Å². The first-order chi connectivity index (χ1) is 7.18. The van der Waals surface area contributed by atoms with Crippen LogP contribution in [0.1, 0.15) is 44.2 Å². The Labute approximate surface area is 99.3 Å². The lowest BCUT2D eigenvalue weighted by molar-refractivity contribution is 0.255. The minimum absolute atomic E-state index is 0.130. The van der Waals surface area contributed by atoms with Crippen LogP contribution < -0.4 is 5.73 Å². The van der Waals surface area contributed by atoms with E-state index >= 15 is 0 Å². The van der Waals surface area contributed by atoms with Gasteiger partial charge in [0.25, 0.3) is 0 Å². The summed E-state index contributed by atoms with van der Waals surface area (Å²) in [6, 6.07) is 2.11. The second-order valence-electron chi connectivity index (χ2n) is 4.70. The normalized spacial score (nSPS) is 29.0. The molecule has 3 heteroatoms. The molecular weight excluding hydrogens is 254 g/mol. The van der Waals surface area contributed by atoms with E-state index in [0.29, 0.717) is 5.92 Å². The maximum absolute atomic E-state index is 6.27. The summed E-state index contributed by atoms with van der Waals surface area (Å²) in [4.78, 5) is 0. The molecule has 2 nitrogen and oxygen atoms in total. The van der Waals surface area contributed by atoms with Gasteiger partial charge in [-0.2, -0.15) is 0 Å². The minimum atomic E-state index is 0.130. The summed E-state index contributed by atoms with van der Waals surface area (Å²) >= 11 is 3.40. The van der Waals surface area contributed by atoms with Gasteiger partial charge in [-0.25, -0.2) is 0 Å². The molecule has 1 aromatic heterocycles. The molecule has 84 valence electrons. The summed E-state index contributed by atoms with van der Waals surface area (Å²) in [6.07, 6.45) is 6.83. The van der Waals surface area contributed by atoms with Gasteiger partial charge in [0, 0.05) is 11.6 Å². The third-order valence-corrected chi connectivity index (χ3v) is 4.22. The average molecular weight is 272 g/mol. The quantitative estimate of drug-likeness (QED) is 0.887. The molecule has 1 unspecified atom stereocenters. The molecule has 1 aliphatic rings. The molecule has 2 rings (SSSR count). The highest BCUT2D eigenvalue weighted by molar-refractivity contribution is 9.10. The lowest BCUT2D eigenvalue weighted by Gasteiger charge is -2.30. The molecule has 0 aromatic carbocycles. The Morgan fingerprint density at radius 2 is 2.07 bits per heavy atom. The maximum Gasteiger partial charge on any atom is 0.173 e. The molecule has 0 amide bonds. The van der Waals surface area contributed by atoms with E-state index in [-0.39, 0.29) is 6.04 Å². The van der Waals surface area contributed by atoms with Crippen molar-refractivity contribution >= 4 is 15.9 Å². The van der Waals surface area contributed by atoms with Crippen LogP contribution in [0.15, 0.2) is 21.4 Å². The number of hydrogen-bond acceptors (Lipinski definition) is 2. The average Bonchev–Trinajstić information content (AvgIpc) is 2.65. The van der Waals surface area contributed by atoms with Gasteiger partial charge in [0.05, 0.1) is 6.26 Å². The van der Waals surface area contributed by atoms with Crippen LogP contribution in [0.5, 0.6) is 0 Å². The Bertz CT molecular complexity index is 315. The van der Waals surface area contributed by atoms with Crippen LogP contribution in [-0.2, 0) is 0 Å². The predicted molar refractivity (Wildman–Crippen MR) is 64.5 cm³/mol. The largest absolute Gasteiger partial charge is 0.457 e. The summed E-state index contributed by atoms with van der Waals surface area (Å²) in [5.41, 5.74) is 7.39. The number of furan rings is 1. The lowest BCUT2D eigenvalue weighted by Crippen LogP contribution is -2.25. The molecule has 1 fully saturated rings. The maximum atomic E-state index is 6.27. The molecule has 1 saturated carbocycles. The first kappa shape index (κ1) is 11.2. The fraction of sp³-hybridized carbons (Fsp3) is 0.667. The molecule has 0 aliphatic heterocycles. The summed E-state index contributed by atoms with van der Waals surface area (Å²) in [5.74, 6) is 1.50. The van der Waals surface area contributed by atoms with Crippen LogP contribution in [0.3, 0.4) is 0 Å². The molecule has 0 spiro atoms. The van der Waals surface area contributed by atoms with Crippen molar-refractivity contribution in [3.63, 3.8) is 0 Å². The molecule has 2 N–H and O–H groups in total. The van der Waals surface area contributed by atoms with E-state index in [1.165, 1.54) is 25.7 Å². The predicted octanol–water partition coefficient (Wildman–Crippen LogP) is 3.87. The van der Waals surface area contributed by atoms with Gasteiger partial charge in [-0.15, -0.1) is 0 Å². The third-order valence-electron chi connectivity index (χ3n) is 3.57. The van der Waals surface area contributed by atoms with Crippen molar-refractivity contribution in [3.8, 4) is 0 Å². The second kappa shape index (κ2) is 4.71. The second-order valence-corrected chi connectivity index (χ2v) is 5.42. The topological polar surface area (TPSA) is 39.2 Å². The standard InChI is InChI=1S/C12H18BrNO/c1-8-2-4-9(5-3-8)11(14)10-6-7-15-12(10)13/h6-9,11H,2-5,14H2,1H3. The van der Waals surface area contributed by atoms with Gasteiger partial charge in [0.1, 0.15) is 0 Å². The van der Waals surface area contributed by atoms with E-state index in [1.54, 1.807) is 6.26 Å². The Kier molecular flexibility index (Phi) is 3.52. The summed E-state index contributed by atoms with van der Waals surface area (Å²) in [5, 5.41) is 0. The molecule has 0 saturated heterocycles. The van der Waals surface area contributed by atoms with Crippen LogP contribution in [0, 0.1) is 11.8 Å². The van der Waals surface area contributed by atoms with Crippen molar-refractivity contribution in [2.45, 2.75) is 38.6 Å². The van der Waals surface area contributed by atoms with E-state index in [9.17, 15) is 0 Å². The van der Waals surface area contributed by atoms with Gasteiger partial charge >= 0.3 is 0 Å². The molecule has 0 radical (unpaired) electrons. The Balaban J connectivity index is 2.02. The molecule has 1 heterocycles. The number of nitrogens with two attached hydrogens (primary N) is 1. The minimum Gasteiger partial charge on any atom is -0.457 e. The molecule has 0 bridgehead atoms. The Morgan fingerprint density at radius 3 is 2.60 bits per heavy atom. The number of rotatable bonds is 2. The van der Waals surface area contributed by atoms with Crippen LogP contribution in [-0.4, -0.2) is 0 Å². The fourth-order valence-corrected chi connectivity index (χ4v) is 2.95. The van der Waals surface area contributed by atoms with E-state index in [4.69, 9.17) is 10.2 Å². The summed E-state index contributed by atoms with van der Waals surface area (Å²) in [7, 11) is 0. The smallest absolute Gasteiger partial charge is 0.173 e. The van der Waals surface area contributed by atoms with Crippen molar-refractivity contribution in [2.75, 3.05) is 0 Å². The highest BCUT2D eigenvalue weighted by atomic mass is 79.9. The van der Waals surface area contributed by atoms with Crippen molar-refractivity contribution in [2.24, 2.45) is 17.6 Å². The van der Waals surface area contributed by atoms with Gasteiger partial charge in [-0.05, 0) is 46.7 Å². The van der Waals surface area contributed by atoms with Gasteiger partial charge in [-0.1, -0.05) is 19.8 Å². The van der Waals surface area contributed by atoms with E-state index in [0.717, 1.165) is 16.2 Å². The van der Waals surface area contributed by atoms with Crippen molar-refractivity contribution in [3.05, 3.63) is 22.6 Å². The number of hydrogen-bond donors (Lipinski definition) is 1. The van der Waals surface area contributed by atoms with Gasteiger partial charge in [0.2, 0.25) is 0 Å². The third kappa shape index (κ3) is 2.45. The first-order valence-electron chi connectivity index (χ1n) is 5.67. The van der Waals surface area contributed by atoms with Crippen LogP contribution >= 0.6 is 15.9 Å². The van der Waals surface area contributed by atoms with Gasteiger partial charge in [0.15, 0.2) is 4.67 Å². The van der Waals surface area contributed by atoms with E-state index in [1.807, 2.05) is 6.07 Å². The monoisotopic (exact) mass is 271 g/mol. The van der Waals surface area contributed by atoms with Gasteiger partial charge in [-0.3, -0.25) is 0 Å². The first-order valence-corrected chi connectivity index (χ1v) is 6.46. The van der Waals surface area contributed by atoms with Crippen molar-refractivity contribution in [1.29, 1.82) is 0 Å². The zero-order chi connectivity index (χ0) is 10.8. The number of halogens is 1. The SMILES string of the molecule is CC1CCC(C(N)c2ccoc2Br)CC1. The molecule has 1 aliphatic carbocycles. The molecule has 1 atom stereocenters. The molecule has 1 aromatic rings. The zero-order valence-electron chi connectivity index (χ0n) is 9.08. The highest BCUT2D eigenvalue weighted by Crippen LogP contribution is 2.37. The Hall–Kier alpha value is -0.280. The van der Waals surface area contributed by atoms with Crippen molar-refractivity contribution in [1.82, 2.24) is 0 Å². The molecular formula is C12H18BrNO. The zero-order valence-corrected chi connectivity index (χ0v) is 10.7. The highest BCUT2D eigenvalue weighted by Gasteiger charge is 2.26. The van der Waals surface area contributed by atoms with Gasteiger partial charge < -0.3 is 10.2 Å². The fourth-order valence-electron chi connectivity index (χ4n) is 2.44.